The van der Waals surface area contributed by atoms with Gasteiger partial charge in [0.2, 0.25) is 0 Å². The molecule has 1 aliphatic heterocycles. The van der Waals surface area contributed by atoms with Crippen LogP contribution in [0.1, 0.15) is 12.1 Å². The van der Waals surface area contributed by atoms with Crippen molar-refractivity contribution in [2.45, 2.75) is 13.0 Å². The molecule has 0 saturated carbocycles. The number of ether oxygens (including phenoxy) is 1. The van der Waals surface area contributed by atoms with Gasteiger partial charge in [-0.3, -0.25) is 4.68 Å². The van der Waals surface area contributed by atoms with E-state index in [4.69, 9.17) is 4.74 Å². The van der Waals surface area contributed by atoms with E-state index in [1.54, 1.807) is 4.68 Å². The van der Waals surface area contributed by atoms with E-state index in [1.165, 1.54) is 12.1 Å². The van der Waals surface area contributed by atoms with Crippen LogP contribution in [0.2, 0.25) is 0 Å². The molecule has 1 saturated heterocycles. The number of aryl methyl sites for hydroxylation is 1. The number of hydrogen-bond donors (Lipinski definition) is 1. The number of nitrogens with one attached hydrogen (secondary N) is 1. The van der Waals surface area contributed by atoms with Gasteiger partial charge in [0.15, 0.2) is 0 Å². The molecule has 5 heteroatoms. The third-order valence-corrected chi connectivity index (χ3v) is 3.68. The molecular weight excluding hydrogens is 264 g/mol. The van der Waals surface area contributed by atoms with Crippen molar-refractivity contribution in [3.05, 3.63) is 42.2 Å². The Bertz CT molecular complexity index is 573. The molecule has 0 radical (unpaired) electrons. The maximum Gasteiger partial charge on any atom is 0.132 e. The van der Waals surface area contributed by atoms with Crippen LogP contribution < -0.4 is 15.0 Å². The molecule has 21 heavy (non-hydrogen) atoms. The minimum atomic E-state index is 0.506. The van der Waals surface area contributed by atoms with Gasteiger partial charge in [-0.15, -0.1) is 0 Å². The number of hydrogen-bond acceptors (Lipinski definition) is 4. The number of nitrogens with zero attached hydrogens (tertiary/aromatic N) is 3. The van der Waals surface area contributed by atoms with Gasteiger partial charge in [0.25, 0.3) is 0 Å². The lowest BCUT2D eigenvalue weighted by Crippen LogP contribution is -2.27. The third-order valence-electron chi connectivity index (χ3n) is 3.68. The summed E-state index contributed by atoms with van der Waals surface area (Å²) in [6.45, 7) is 4.79. The van der Waals surface area contributed by atoms with Crippen LogP contribution in [0.4, 0.5) is 5.69 Å². The van der Waals surface area contributed by atoms with E-state index in [2.05, 4.69) is 33.5 Å². The lowest BCUT2D eigenvalue weighted by Gasteiger charge is -2.22. The molecule has 1 fully saturated rings. The fourth-order valence-corrected chi connectivity index (χ4v) is 2.57. The molecule has 1 aromatic heterocycles. The Morgan fingerprint density at radius 2 is 2.19 bits per heavy atom. The summed E-state index contributed by atoms with van der Waals surface area (Å²) in [6.07, 6.45) is 3.11. The van der Waals surface area contributed by atoms with Gasteiger partial charge in [-0.25, -0.2) is 0 Å². The fourth-order valence-electron chi connectivity index (χ4n) is 2.57. The number of aromatic nitrogens is 2. The molecule has 112 valence electrons. The quantitative estimate of drug-likeness (QED) is 0.930. The van der Waals surface area contributed by atoms with Crippen LogP contribution in [0, 0.1) is 0 Å². The van der Waals surface area contributed by atoms with Crippen LogP contribution in [0.3, 0.4) is 0 Å². The van der Waals surface area contributed by atoms with Crippen LogP contribution in [0.25, 0.3) is 0 Å². The summed E-state index contributed by atoms with van der Waals surface area (Å²) in [5.41, 5.74) is 2.18. The monoisotopic (exact) mass is 286 g/mol. The largest absolute Gasteiger partial charge is 0.487 e. The lowest BCUT2D eigenvalue weighted by molar-refractivity contribution is 0.300. The van der Waals surface area contributed by atoms with Crippen molar-refractivity contribution < 1.29 is 4.74 Å². The molecule has 2 heterocycles. The van der Waals surface area contributed by atoms with E-state index >= 15 is 0 Å². The Balaban J connectivity index is 1.64. The summed E-state index contributed by atoms with van der Waals surface area (Å²) in [6, 6.07) is 10.3. The Labute approximate surface area is 125 Å². The second-order valence-electron chi connectivity index (χ2n) is 5.36. The smallest absolute Gasteiger partial charge is 0.132 e. The SMILES string of the molecule is Cn1ccc(COc2cccc(N3CCCNCC3)c2)n1. The minimum absolute atomic E-state index is 0.506. The molecule has 0 spiro atoms. The molecule has 5 nitrogen and oxygen atoms in total. The second kappa shape index (κ2) is 6.63. The molecule has 1 aliphatic rings. The summed E-state index contributed by atoms with van der Waals surface area (Å²) >= 11 is 0. The van der Waals surface area contributed by atoms with Gasteiger partial charge in [0.05, 0.1) is 5.69 Å². The summed E-state index contributed by atoms with van der Waals surface area (Å²) in [7, 11) is 1.91. The van der Waals surface area contributed by atoms with Crippen LogP contribution in [0.15, 0.2) is 36.5 Å². The van der Waals surface area contributed by atoms with E-state index in [0.29, 0.717) is 6.61 Å². The van der Waals surface area contributed by atoms with Gasteiger partial charge >= 0.3 is 0 Å². The van der Waals surface area contributed by atoms with Gasteiger partial charge in [0.1, 0.15) is 12.4 Å². The van der Waals surface area contributed by atoms with Gasteiger partial charge < -0.3 is 15.0 Å². The highest BCUT2D eigenvalue weighted by Crippen LogP contribution is 2.22. The molecule has 0 aliphatic carbocycles. The molecule has 1 aromatic carbocycles. The summed E-state index contributed by atoms with van der Waals surface area (Å²) in [4.78, 5) is 2.41. The highest BCUT2D eigenvalue weighted by Gasteiger charge is 2.10. The molecule has 0 bridgehead atoms. The van der Waals surface area contributed by atoms with Crippen molar-refractivity contribution in [3.8, 4) is 5.75 Å². The summed E-state index contributed by atoms with van der Waals surface area (Å²) in [5, 5.41) is 7.75. The first-order chi connectivity index (χ1) is 10.3. The van der Waals surface area contributed by atoms with Crippen molar-refractivity contribution in [2.75, 3.05) is 31.1 Å². The molecule has 0 atom stereocenters. The Morgan fingerprint density at radius 3 is 3.05 bits per heavy atom. The standard InChI is InChI=1S/C16H22N4O/c1-19-10-6-14(18-19)13-21-16-5-2-4-15(12-16)20-9-3-7-17-8-11-20/h2,4-6,10,12,17H,3,7-9,11,13H2,1H3. The van der Waals surface area contributed by atoms with Gasteiger partial charge in [-0.2, -0.15) is 5.10 Å². The molecule has 0 unspecified atom stereocenters. The maximum absolute atomic E-state index is 5.85. The first-order valence-corrected chi connectivity index (χ1v) is 7.48. The van der Waals surface area contributed by atoms with Crippen molar-refractivity contribution in [1.82, 2.24) is 15.1 Å². The molecular formula is C16H22N4O. The van der Waals surface area contributed by atoms with Crippen LogP contribution in [0.5, 0.6) is 5.75 Å². The molecule has 1 N–H and O–H groups in total. The maximum atomic E-state index is 5.85. The number of anilines is 1. The zero-order chi connectivity index (χ0) is 14.5. The van der Waals surface area contributed by atoms with E-state index in [1.807, 2.05) is 25.4 Å². The van der Waals surface area contributed by atoms with Gasteiger partial charge in [0, 0.05) is 44.6 Å². The number of benzene rings is 1. The third kappa shape index (κ3) is 3.76. The van der Waals surface area contributed by atoms with Crippen LogP contribution in [-0.2, 0) is 13.7 Å². The predicted octanol–water partition coefficient (Wildman–Crippen LogP) is 1.80. The minimum Gasteiger partial charge on any atom is -0.487 e. The van der Waals surface area contributed by atoms with Crippen molar-refractivity contribution in [1.29, 1.82) is 0 Å². The first-order valence-electron chi connectivity index (χ1n) is 7.48. The highest BCUT2D eigenvalue weighted by molar-refractivity contribution is 5.50. The van der Waals surface area contributed by atoms with E-state index in [0.717, 1.165) is 37.6 Å². The zero-order valence-corrected chi connectivity index (χ0v) is 12.5. The van der Waals surface area contributed by atoms with Gasteiger partial charge in [-0.05, 0) is 31.2 Å². The Hall–Kier alpha value is -2.01. The topological polar surface area (TPSA) is 42.3 Å². The first kappa shape index (κ1) is 13.9. The molecule has 3 rings (SSSR count). The van der Waals surface area contributed by atoms with E-state index in [-0.39, 0.29) is 0 Å². The van der Waals surface area contributed by atoms with Crippen molar-refractivity contribution >= 4 is 5.69 Å². The molecule has 2 aromatic rings. The average Bonchev–Trinajstić information content (AvgIpc) is 2.76. The predicted molar refractivity (Wildman–Crippen MR) is 83.7 cm³/mol. The highest BCUT2D eigenvalue weighted by atomic mass is 16.5. The number of rotatable bonds is 4. The van der Waals surface area contributed by atoms with Crippen LogP contribution in [-0.4, -0.2) is 36.0 Å². The lowest BCUT2D eigenvalue weighted by atomic mass is 10.2. The Morgan fingerprint density at radius 1 is 1.24 bits per heavy atom. The van der Waals surface area contributed by atoms with Gasteiger partial charge in [-0.1, -0.05) is 6.07 Å². The van der Waals surface area contributed by atoms with Crippen LogP contribution >= 0.6 is 0 Å². The Kier molecular flexibility index (Phi) is 4.40. The van der Waals surface area contributed by atoms with E-state index in [9.17, 15) is 0 Å². The second-order valence-corrected chi connectivity index (χ2v) is 5.36. The normalized spacial score (nSPS) is 15.8. The van der Waals surface area contributed by atoms with Crippen molar-refractivity contribution in [3.63, 3.8) is 0 Å². The summed E-state index contributed by atoms with van der Waals surface area (Å²) in [5.74, 6) is 0.898. The molecule has 0 amide bonds. The van der Waals surface area contributed by atoms with Crippen molar-refractivity contribution in [2.24, 2.45) is 7.05 Å². The summed E-state index contributed by atoms with van der Waals surface area (Å²) < 4.78 is 7.64. The zero-order valence-electron chi connectivity index (χ0n) is 12.5. The fraction of sp³-hybridized carbons (Fsp3) is 0.438. The van der Waals surface area contributed by atoms with E-state index < -0.39 is 0 Å². The average molecular weight is 286 g/mol.